The van der Waals surface area contributed by atoms with E-state index in [0.29, 0.717) is 25.4 Å². The molecule has 0 atom stereocenters. The van der Waals surface area contributed by atoms with Crippen LogP contribution in [-0.2, 0) is 11.2 Å². The van der Waals surface area contributed by atoms with E-state index in [2.05, 4.69) is 4.98 Å². The van der Waals surface area contributed by atoms with Gasteiger partial charge in [0.2, 0.25) is 0 Å². The van der Waals surface area contributed by atoms with Gasteiger partial charge in [0.25, 0.3) is 0 Å². The SMILES string of the molecule is CN(CCc1ccccn1)C(=O)N(CC(=O)O)CC1CC1. The van der Waals surface area contributed by atoms with Crippen molar-refractivity contribution in [3.05, 3.63) is 30.1 Å². The molecular formula is C15H21N3O3. The number of amides is 2. The van der Waals surface area contributed by atoms with E-state index in [0.717, 1.165) is 18.5 Å². The minimum atomic E-state index is -0.970. The Morgan fingerprint density at radius 2 is 2.14 bits per heavy atom. The molecule has 6 heteroatoms. The van der Waals surface area contributed by atoms with Crippen molar-refractivity contribution in [3.63, 3.8) is 0 Å². The predicted octanol–water partition coefficient (Wildman–Crippen LogP) is 1.47. The molecule has 1 aromatic heterocycles. The molecule has 0 radical (unpaired) electrons. The second-order valence-electron chi connectivity index (χ2n) is 5.49. The lowest BCUT2D eigenvalue weighted by Crippen LogP contribution is -2.45. The van der Waals surface area contributed by atoms with Gasteiger partial charge < -0.3 is 14.9 Å². The number of hydrogen-bond acceptors (Lipinski definition) is 3. The predicted molar refractivity (Wildman–Crippen MR) is 77.9 cm³/mol. The quantitative estimate of drug-likeness (QED) is 0.825. The topological polar surface area (TPSA) is 73.7 Å². The van der Waals surface area contributed by atoms with Crippen LogP contribution in [0.5, 0.6) is 0 Å². The summed E-state index contributed by atoms with van der Waals surface area (Å²) in [5, 5.41) is 8.93. The maximum atomic E-state index is 12.3. The lowest BCUT2D eigenvalue weighted by molar-refractivity contribution is -0.137. The van der Waals surface area contributed by atoms with Crippen molar-refractivity contribution < 1.29 is 14.7 Å². The number of carboxylic acids is 1. The van der Waals surface area contributed by atoms with Gasteiger partial charge in [-0.15, -0.1) is 0 Å². The Kier molecular flexibility index (Phi) is 5.14. The maximum absolute atomic E-state index is 12.3. The third-order valence-corrected chi connectivity index (χ3v) is 3.53. The van der Waals surface area contributed by atoms with Crippen molar-refractivity contribution in [2.24, 2.45) is 5.92 Å². The van der Waals surface area contributed by atoms with Crippen LogP contribution in [0.15, 0.2) is 24.4 Å². The number of carbonyl (C=O) groups excluding carboxylic acids is 1. The van der Waals surface area contributed by atoms with E-state index in [4.69, 9.17) is 5.11 Å². The van der Waals surface area contributed by atoms with Crippen LogP contribution in [0.2, 0.25) is 0 Å². The first-order valence-electron chi connectivity index (χ1n) is 7.18. The summed E-state index contributed by atoms with van der Waals surface area (Å²) in [6.07, 6.45) is 4.55. The molecule has 1 saturated carbocycles. The third kappa shape index (κ3) is 5.06. The standard InChI is InChI=1S/C15H21N3O3/c1-17(9-7-13-4-2-3-8-16-13)15(21)18(11-14(19)20)10-12-5-6-12/h2-4,8,12H,5-7,9-11H2,1H3,(H,19,20). The highest BCUT2D eigenvalue weighted by Gasteiger charge is 2.29. The average Bonchev–Trinajstić information content (AvgIpc) is 3.28. The second kappa shape index (κ2) is 7.06. The molecule has 1 aliphatic carbocycles. The molecule has 1 heterocycles. The minimum absolute atomic E-state index is 0.222. The monoisotopic (exact) mass is 291 g/mol. The van der Waals surface area contributed by atoms with Crippen LogP contribution in [0.3, 0.4) is 0 Å². The number of aliphatic carboxylic acids is 1. The minimum Gasteiger partial charge on any atom is -0.480 e. The molecule has 2 rings (SSSR count). The number of hydrogen-bond donors (Lipinski definition) is 1. The highest BCUT2D eigenvalue weighted by Crippen LogP contribution is 2.29. The summed E-state index contributed by atoms with van der Waals surface area (Å²) in [7, 11) is 1.70. The van der Waals surface area contributed by atoms with Gasteiger partial charge >= 0.3 is 12.0 Å². The third-order valence-electron chi connectivity index (χ3n) is 3.53. The van der Waals surface area contributed by atoms with E-state index in [9.17, 15) is 9.59 Å². The Morgan fingerprint density at radius 1 is 1.38 bits per heavy atom. The van der Waals surface area contributed by atoms with Crippen LogP contribution in [-0.4, -0.2) is 58.6 Å². The fourth-order valence-electron chi connectivity index (χ4n) is 2.15. The van der Waals surface area contributed by atoms with E-state index >= 15 is 0 Å². The van der Waals surface area contributed by atoms with Gasteiger partial charge in [0.05, 0.1) is 0 Å². The zero-order valence-electron chi connectivity index (χ0n) is 12.2. The molecule has 2 amide bonds. The highest BCUT2D eigenvalue weighted by atomic mass is 16.4. The molecule has 0 unspecified atom stereocenters. The Labute approximate surface area is 124 Å². The Balaban J connectivity index is 1.87. The van der Waals surface area contributed by atoms with Gasteiger partial charge in [-0.3, -0.25) is 9.78 Å². The van der Waals surface area contributed by atoms with Gasteiger partial charge in [-0.25, -0.2) is 4.79 Å². The van der Waals surface area contributed by atoms with Crippen LogP contribution in [0.1, 0.15) is 18.5 Å². The van der Waals surface area contributed by atoms with Gasteiger partial charge in [-0.1, -0.05) is 6.07 Å². The van der Waals surface area contributed by atoms with Crippen molar-refractivity contribution in [2.75, 3.05) is 26.7 Å². The molecule has 0 spiro atoms. The number of nitrogens with zero attached hydrogens (tertiary/aromatic N) is 3. The molecule has 0 aliphatic heterocycles. The average molecular weight is 291 g/mol. The molecule has 1 fully saturated rings. The van der Waals surface area contributed by atoms with Gasteiger partial charge in [0, 0.05) is 38.4 Å². The van der Waals surface area contributed by atoms with E-state index in [-0.39, 0.29) is 12.6 Å². The number of urea groups is 1. The summed E-state index contributed by atoms with van der Waals surface area (Å²) in [6.45, 7) is 0.832. The van der Waals surface area contributed by atoms with E-state index in [1.165, 1.54) is 4.90 Å². The van der Waals surface area contributed by atoms with E-state index < -0.39 is 5.97 Å². The Hall–Kier alpha value is -2.11. The van der Waals surface area contributed by atoms with Crippen LogP contribution in [0.4, 0.5) is 4.79 Å². The first kappa shape index (κ1) is 15.3. The maximum Gasteiger partial charge on any atom is 0.323 e. The molecule has 0 aromatic carbocycles. The van der Waals surface area contributed by atoms with Gasteiger partial charge in [0.15, 0.2) is 0 Å². The summed E-state index contributed by atoms with van der Waals surface area (Å²) in [5.41, 5.74) is 0.920. The Bertz CT molecular complexity index is 488. The number of pyridine rings is 1. The molecule has 1 aromatic rings. The van der Waals surface area contributed by atoms with E-state index in [1.54, 1.807) is 18.1 Å². The normalized spacial score (nSPS) is 13.8. The highest BCUT2D eigenvalue weighted by molar-refractivity contribution is 5.80. The van der Waals surface area contributed by atoms with Crippen LogP contribution < -0.4 is 0 Å². The first-order chi connectivity index (χ1) is 10.1. The van der Waals surface area contributed by atoms with Gasteiger partial charge in [-0.2, -0.15) is 0 Å². The lowest BCUT2D eigenvalue weighted by Gasteiger charge is -2.27. The largest absolute Gasteiger partial charge is 0.480 e. The van der Waals surface area contributed by atoms with E-state index in [1.807, 2.05) is 18.2 Å². The van der Waals surface area contributed by atoms with Crippen LogP contribution in [0, 0.1) is 5.92 Å². The zero-order chi connectivity index (χ0) is 15.2. The number of carboxylic acid groups (broad SMARTS) is 1. The van der Waals surface area contributed by atoms with Gasteiger partial charge in [0.1, 0.15) is 6.54 Å². The van der Waals surface area contributed by atoms with Crippen molar-refractivity contribution in [1.82, 2.24) is 14.8 Å². The first-order valence-corrected chi connectivity index (χ1v) is 7.18. The molecule has 1 aliphatic rings. The van der Waals surface area contributed by atoms with Crippen molar-refractivity contribution in [3.8, 4) is 0 Å². The van der Waals surface area contributed by atoms with Gasteiger partial charge in [-0.05, 0) is 30.9 Å². The summed E-state index contributed by atoms with van der Waals surface area (Å²) < 4.78 is 0. The fraction of sp³-hybridized carbons (Fsp3) is 0.533. The van der Waals surface area contributed by atoms with Crippen molar-refractivity contribution in [2.45, 2.75) is 19.3 Å². The summed E-state index contributed by atoms with van der Waals surface area (Å²) in [5.74, 6) is -0.500. The van der Waals surface area contributed by atoms with Crippen molar-refractivity contribution in [1.29, 1.82) is 0 Å². The Morgan fingerprint density at radius 3 is 2.71 bits per heavy atom. The summed E-state index contributed by atoms with van der Waals surface area (Å²) in [6, 6.07) is 5.45. The molecule has 114 valence electrons. The molecule has 1 N–H and O–H groups in total. The molecule has 21 heavy (non-hydrogen) atoms. The lowest BCUT2D eigenvalue weighted by atomic mass is 10.2. The smallest absolute Gasteiger partial charge is 0.323 e. The summed E-state index contributed by atoms with van der Waals surface area (Å²) in [4.78, 5) is 30.4. The molecule has 0 saturated heterocycles. The number of likely N-dealkylation sites (N-methyl/N-ethyl adjacent to an activating group) is 1. The van der Waals surface area contributed by atoms with Crippen LogP contribution >= 0.6 is 0 Å². The number of rotatable bonds is 7. The number of aromatic nitrogens is 1. The number of carbonyl (C=O) groups is 2. The van der Waals surface area contributed by atoms with Crippen molar-refractivity contribution >= 4 is 12.0 Å². The second-order valence-corrected chi connectivity index (χ2v) is 5.49. The zero-order valence-corrected chi connectivity index (χ0v) is 12.2. The summed E-state index contributed by atoms with van der Waals surface area (Å²) >= 11 is 0. The molecule has 6 nitrogen and oxygen atoms in total. The molecular weight excluding hydrogens is 270 g/mol. The van der Waals surface area contributed by atoms with Crippen LogP contribution in [0.25, 0.3) is 0 Å². The molecule has 0 bridgehead atoms. The fourth-order valence-corrected chi connectivity index (χ4v) is 2.15.